The van der Waals surface area contributed by atoms with Crippen LogP contribution >= 0.6 is 0 Å². The fourth-order valence-corrected chi connectivity index (χ4v) is 0.300. The fraction of sp³-hybridized carbons (Fsp3) is 0.800. The molecule has 0 aromatic rings. The topological polar surface area (TPSA) is 75.8 Å². The van der Waals surface area contributed by atoms with Gasteiger partial charge in [0.05, 0.1) is 12.0 Å². The van der Waals surface area contributed by atoms with Crippen molar-refractivity contribution in [2.45, 2.75) is 13.0 Å². The molecule has 0 aliphatic carbocycles. The molecule has 0 aliphatic rings. The molecule has 0 amide bonds. The van der Waals surface area contributed by atoms with Gasteiger partial charge in [-0.25, -0.2) is 0 Å². The van der Waals surface area contributed by atoms with Crippen molar-refractivity contribution in [3.63, 3.8) is 0 Å². The number of hydrogen-bond acceptors (Lipinski definition) is 3. The van der Waals surface area contributed by atoms with Gasteiger partial charge in [0.25, 0.3) is 0 Å². The number of nitrogens with zero attached hydrogens (tertiary/aromatic N) is 1. The zero-order valence-electron chi connectivity index (χ0n) is 4.96. The summed E-state index contributed by atoms with van der Waals surface area (Å²) in [6.45, 7) is 2.15. The molecule has 2 unspecified atom stereocenters. The van der Waals surface area contributed by atoms with Crippen molar-refractivity contribution in [2.24, 2.45) is 17.4 Å². The predicted molar refractivity (Wildman–Crippen MR) is 31.8 cm³/mol. The van der Waals surface area contributed by atoms with E-state index in [1.807, 2.05) is 6.07 Å². The van der Waals surface area contributed by atoms with E-state index in [0.29, 0.717) is 6.54 Å². The first kappa shape index (κ1) is 7.41. The molecule has 0 aromatic carbocycles. The summed E-state index contributed by atoms with van der Waals surface area (Å²) in [6.07, 6.45) is 0. The number of hydrogen-bond donors (Lipinski definition) is 2. The highest BCUT2D eigenvalue weighted by molar-refractivity contribution is 4.87. The van der Waals surface area contributed by atoms with Crippen LogP contribution in [0.3, 0.4) is 0 Å². The van der Waals surface area contributed by atoms with Gasteiger partial charge in [0.15, 0.2) is 0 Å². The molecule has 0 saturated carbocycles. The van der Waals surface area contributed by atoms with E-state index in [0.717, 1.165) is 0 Å². The van der Waals surface area contributed by atoms with Gasteiger partial charge in [-0.15, -0.1) is 0 Å². The Hall–Kier alpha value is -0.590. The van der Waals surface area contributed by atoms with Gasteiger partial charge in [0.2, 0.25) is 0 Å². The smallest absolute Gasteiger partial charge is 0.0669 e. The van der Waals surface area contributed by atoms with Gasteiger partial charge in [0.1, 0.15) is 0 Å². The van der Waals surface area contributed by atoms with Crippen LogP contribution in [0.15, 0.2) is 0 Å². The lowest BCUT2D eigenvalue weighted by Gasteiger charge is -2.08. The molecule has 3 nitrogen and oxygen atoms in total. The summed E-state index contributed by atoms with van der Waals surface area (Å²) >= 11 is 0. The normalized spacial score (nSPS) is 16.8. The SMILES string of the molecule is CC(C#N)C(N)CN. The lowest BCUT2D eigenvalue weighted by molar-refractivity contribution is 0.558. The Morgan fingerprint density at radius 3 is 2.38 bits per heavy atom. The highest BCUT2D eigenvalue weighted by Crippen LogP contribution is 1.94. The minimum absolute atomic E-state index is 0.125. The van der Waals surface area contributed by atoms with Crippen LogP contribution < -0.4 is 11.5 Å². The van der Waals surface area contributed by atoms with E-state index >= 15 is 0 Å². The molecule has 0 heterocycles. The van der Waals surface area contributed by atoms with Crippen LogP contribution in [0.2, 0.25) is 0 Å². The Morgan fingerprint density at radius 1 is 1.75 bits per heavy atom. The highest BCUT2D eigenvalue weighted by atomic mass is 14.7. The summed E-state index contributed by atoms with van der Waals surface area (Å²) in [6, 6.07) is 1.84. The number of nitrogens with two attached hydrogens (primary N) is 2. The minimum Gasteiger partial charge on any atom is -0.329 e. The van der Waals surface area contributed by atoms with Crippen LogP contribution in [0.1, 0.15) is 6.92 Å². The first-order chi connectivity index (χ1) is 3.72. The fourth-order valence-electron chi connectivity index (χ4n) is 0.300. The van der Waals surface area contributed by atoms with Gasteiger partial charge in [-0.3, -0.25) is 0 Å². The molecular weight excluding hydrogens is 102 g/mol. The lowest BCUT2D eigenvalue weighted by atomic mass is 10.1. The van der Waals surface area contributed by atoms with Crippen LogP contribution in [0.5, 0.6) is 0 Å². The van der Waals surface area contributed by atoms with E-state index in [9.17, 15) is 0 Å². The van der Waals surface area contributed by atoms with Gasteiger partial charge in [-0.1, -0.05) is 0 Å². The summed E-state index contributed by atoms with van der Waals surface area (Å²) in [5, 5.41) is 8.25. The third-order valence-electron chi connectivity index (χ3n) is 1.12. The first-order valence-electron chi connectivity index (χ1n) is 2.57. The molecular formula is C5H11N3. The summed E-state index contributed by atoms with van der Waals surface area (Å²) in [7, 11) is 0. The predicted octanol–water partition coefficient (Wildman–Crippen LogP) is -0.568. The Labute approximate surface area is 49.3 Å². The van der Waals surface area contributed by atoms with E-state index in [1.54, 1.807) is 6.92 Å². The lowest BCUT2D eigenvalue weighted by Crippen LogP contribution is -2.35. The van der Waals surface area contributed by atoms with Crippen molar-refractivity contribution in [1.82, 2.24) is 0 Å². The van der Waals surface area contributed by atoms with Gasteiger partial charge in [0, 0.05) is 12.6 Å². The number of rotatable bonds is 2. The Bertz CT molecular complexity index is 94.3. The zero-order valence-corrected chi connectivity index (χ0v) is 4.96. The number of nitriles is 1. The van der Waals surface area contributed by atoms with Crippen molar-refractivity contribution in [2.75, 3.05) is 6.54 Å². The minimum atomic E-state index is -0.167. The van der Waals surface area contributed by atoms with E-state index in [2.05, 4.69) is 0 Å². The maximum Gasteiger partial charge on any atom is 0.0669 e. The molecule has 0 fully saturated rings. The molecule has 0 aromatic heterocycles. The van der Waals surface area contributed by atoms with Gasteiger partial charge < -0.3 is 11.5 Å². The van der Waals surface area contributed by atoms with Crippen molar-refractivity contribution in [3.8, 4) is 6.07 Å². The van der Waals surface area contributed by atoms with Crippen LogP contribution in [-0.2, 0) is 0 Å². The van der Waals surface area contributed by atoms with E-state index in [-0.39, 0.29) is 12.0 Å². The molecule has 0 bridgehead atoms. The van der Waals surface area contributed by atoms with Gasteiger partial charge >= 0.3 is 0 Å². The molecule has 4 N–H and O–H groups in total. The molecule has 8 heavy (non-hydrogen) atoms. The van der Waals surface area contributed by atoms with Crippen LogP contribution in [0.25, 0.3) is 0 Å². The molecule has 3 heteroatoms. The monoisotopic (exact) mass is 113 g/mol. The second-order valence-corrected chi connectivity index (χ2v) is 1.82. The maximum absolute atomic E-state index is 8.25. The highest BCUT2D eigenvalue weighted by Gasteiger charge is 2.07. The van der Waals surface area contributed by atoms with Crippen molar-refractivity contribution in [1.29, 1.82) is 5.26 Å². The Balaban J connectivity index is 3.49. The Kier molecular flexibility index (Phi) is 3.16. The van der Waals surface area contributed by atoms with E-state index < -0.39 is 0 Å². The molecule has 2 atom stereocenters. The van der Waals surface area contributed by atoms with Crippen molar-refractivity contribution in [3.05, 3.63) is 0 Å². The van der Waals surface area contributed by atoms with Crippen LogP contribution in [-0.4, -0.2) is 12.6 Å². The van der Waals surface area contributed by atoms with Crippen molar-refractivity contribution >= 4 is 0 Å². The second-order valence-electron chi connectivity index (χ2n) is 1.82. The third-order valence-corrected chi connectivity index (χ3v) is 1.12. The first-order valence-corrected chi connectivity index (χ1v) is 2.57. The Morgan fingerprint density at radius 2 is 2.25 bits per heavy atom. The van der Waals surface area contributed by atoms with E-state index in [1.165, 1.54) is 0 Å². The summed E-state index contributed by atoms with van der Waals surface area (Å²) in [5.41, 5.74) is 10.6. The summed E-state index contributed by atoms with van der Waals surface area (Å²) in [4.78, 5) is 0. The third kappa shape index (κ3) is 1.92. The summed E-state index contributed by atoms with van der Waals surface area (Å²) in [5.74, 6) is -0.125. The van der Waals surface area contributed by atoms with E-state index in [4.69, 9.17) is 16.7 Å². The quantitative estimate of drug-likeness (QED) is 0.503. The van der Waals surface area contributed by atoms with Crippen LogP contribution in [0, 0.1) is 17.2 Å². The maximum atomic E-state index is 8.25. The van der Waals surface area contributed by atoms with Crippen molar-refractivity contribution < 1.29 is 0 Å². The standard InChI is InChI=1S/C5H11N3/c1-4(2-6)5(8)3-7/h4-5H,3,7-8H2,1H3. The second kappa shape index (κ2) is 3.42. The molecule has 0 radical (unpaired) electrons. The molecule has 0 rings (SSSR count). The zero-order chi connectivity index (χ0) is 6.57. The largest absolute Gasteiger partial charge is 0.329 e. The van der Waals surface area contributed by atoms with Gasteiger partial charge in [-0.2, -0.15) is 5.26 Å². The molecule has 46 valence electrons. The molecule has 0 saturated heterocycles. The van der Waals surface area contributed by atoms with Gasteiger partial charge in [-0.05, 0) is 6.92 Å². The average Bonchev–Trinajstić information content (AvgIpc) is 1.84. The summed E-state index contributed by atoms with van der Waals surface area (Å²) < 4.78 is 0. The average molecular weight is 113 g/mol. The van der Waals surface area contributed by atoms with Crippen LogP contribution in [0.4, 0.5) is 0 Å². The molecule has 0 spiro atoms. The molecule has 0 aliphatic heterocycles.